The Hall–Kier alpha value is -2.24. The highest BCUT2D eigenvalue weighted by Crippen LogP contribution is 2.24. The molecular weight excluding hydrogens is 375 g/mol. The number of amides is 2. The zero-order chi connectivity index (χ0) is 18.5. The van der Waals surface area contributed by atoms with E-state index in [9.17, 15) is 9.59 Å². The Morgan fingerprint density at radius 1 is 1.12 bits per heavy atom. The minimum absolute atomic E-state index is 0.175. The van der Waals surface area contributed by atoms with Crippen LogP contribution in [0.1, 0.15) is 29.6 Å². The van der Waals surface area contributed by atoms with Crippen LogP contribution in [-0.4, -0.2) is 24.5 Å². The van der Waals surface area contributed by atoms with Gasteiger partial charge in [0.2, 0.25) is 5.91 Å². The van der Waals surface area contributed by atoms with Crippen LogP contribution in [0.5, 0.6) is 5.75 Å². The van der Waals surface area contributed by atoms with Crippen molar-refractivity contribution in [3.8, 4) is 5.75 Å². The van der Waals surface area contributed by atoms with Crippen molar-refractivity contribution in [3.05, 3.63) is 58.1 Å². The van der Waals surface area contributed by atoms with Gasteiger partial charge in [0.05, 0.1) is 23.6 Å². The molecule has 26 heavy (non-hydrogen) atoms. The Kier molecular flexibility index (Phi) is 6.01. The summed E-state index contributed by atoms with van der Waals surface area (Å²) in [7, 11) is 0. The molecule has 1 saturated carbocycles. The molecular formula is C19H18Cl2N2O3. The molecule has 0 spiro atoms. The third-order valence-electron chi connectivity index (χ3n) is 3.80. The lowest BCUT2D eigenvalue weighted by atomic mass is 10.2. The van der Waals surface area contributed by atoms with Crippen LogP contribution in [0.4, 0.5) is 5.69 Å². The molecule has 0 unspecified atom stereocenters. The number of hydrogen-bond donors (Lipinski definition) is 2. The lowest BCUT2D eigenvalue weighted by Crippen LogP contribution is -2.25. The standard InChI is InChI=1S/C19H18Cl2N2O3/c20-12-2-1-3-15(10-12)26-9-8-18(24)22-14-6-7-16(17(21)11-14)19(25)23-13-4-5-13/h1-3,6-7,10-11,13H,4-5,8-9H2,(H,22,24)(H,23,25). The first-order valence-corrected chi connectivity index (χ1v) is 9.05. The van der Waals surface area contributed by atoms with E-state index in [2.05, 4.69) is 10.6 Å². The smallest absolute Gasteiger partial charge is 0.253 e. The topological polar surface area (TPSA) is 67.4 Å². The van der Waals surface area contributed by atoms with Crippen LogP contribution in [-0.2, 0) is 4.79 Å². The number of hydrogen-bond acceptors (Lipinski definition) is 3. The molecule has 0 atom stereocenters. The zero-order valence-corrected chi connectivity index (χ0v) is 15.4. The van der Waals surface area contributed by atoms with Gasteiger partial charge in [0, 0.05) is 16.8 Å². The molecule has 1 fully saturated rings. The molecule has 2 aromatic carbocycles. The fourth-order valence-corrected chi connectivity index (χ4v) is 2.76. The van der Waals surface area contributed by atoms with Crippen molar-refractivity contribution in [2.24, 2.45) is 0 Å². The molecule has 0 bridgehead atoms. The van der Waals surface area contributed by atoms with Crippen molar-refractivity contribution in [2.75, 3.05) is 11.9 Å². The van der Waals surface area contributed by atoms with Crippen LogP contribution in [0.15, 0.2) is 42.5 Å². The first-order chi connectivity index (χ1) is 12.5. The second-order valence-electron chi connectivity index (χ2n) is 6.05. The first-order valence-electron chi connectivity index (χ1n) is 8.30. The van der Waals surface area contributed by atoms with Gasteiger partial charge in [-0.15, -0.1) is 0 Å². The number of anilines is 1. The van der Waals surface area contributed by atoms with Crippen molar-refractivity contribution in [1.29, 1.82) is 0 Å². The van der Waals surface area contributed by atoms with Gasteiger partial charge in [-0.3, -0.25) is 9.59 Å². The maximum absolute atomic E-state index is 12.0. The predicted octanol–water partition coefficient (Wildman–Crippen LogP) is 4.29. The first kappa shape index (κ1) is 18.5. The fraction of sp³-hybridized carbons (Fsp3) is 0.263. The molecule has 1 aliphatic rings. The van der Waals surface area contributed by atoms with Gasteiger partial charge in [0.15, 0.2) is 0 Å². The minimum Gasteiger partial charge on any atom is -0.493 e. The third-order valence-corrected chi connectivity index (χ3v) is 4.35. The van der Waals surface area contributed by atoms with Crippen LogP contribution in [0.25, 0.3) is 0 Å². The van der Waals surface area contributed by atoms with Crippen LogP contribution < -0.4 is 15.4 Å². The zero-order valence-electron chi connectivity index (χ0n) is 13.9. The number of carbonyl (C=O) groups is 2. The Balaban J connectivity index is 1.49. The van der Waals surface area contributed by atoms with Crippen molar-refractivity contribution < 1.29 is 14.3 Å². The molecule has 0 saturated heterocycles. The van der Waals surface area contributed by atoms with E-state index in [0.717, 1.165) is 12.8 Å². The summed E-state index contributed by atoms with van der Waals surface area (Å²) < 4.78 is 5.49. The van der Waals surface area contributed by atoms with E-state index < -0.39 is 0 Å². The molecule has 2 amide bonds. The molecule has 0 radical (unpaired) electrons. The molecule has 2 aromatic rings. The molecule has 2 N–H and O–H groups in total. The van der Waals surface area contributed by atoms with Gasteiger partial charge in [0.1, 0.15) is 5.75 Å². The summed E-state index contributed by atoms with van der Waals surface area (Å²) in [5, 5.41) is 6.50. The Labute approximate surface area is 161 Å². The van der Waals surface area contributed by atoms with Gasteiger partial charge in [-0.05, 0) is 49.2 Å². The second-order valence-corrected chi connectivity index (χ2v) is 6.89. The van der Waals surface area contributed by atoms with E-state index in [1.54, 1.807) is 42.5 Å². The van der Waals surface area contributed by atoms with Crippen LogP contribution in [0, 0.1) is 0 Å². The van der Waals surface area contributed by atoms with E-state index in [4.69, 9.17) is 27.9 Å². The summed E-state index contributed by atoms with van der Waals surface area (Å²) in [6, 6.07) is 12.1. The molecule has 1 aliphatic carbocycles. The van der Waals surface area contributed by atoms with E-state index in [0.29, 0.717) is 27.0 Å². The maximum atomic E-state index is 12.0. The third kappa shape index (κ3) is 5.38. The van der Waals surface area contributed by atoms with Gasteiger partial charge in [0.25, 0.3) is 5.91 Å². The maximum Gasteiger partial charge on any atom is 0.253 e. The number of carbonyl (C=O) groups excluding carboxylic acids is 2. The van der Waals surface area contributed by atoms with Crippen molar-refractivity contribution in [3.63, 3.8) is 0 Å². The van der Waals surface area contributed by atoms with E-state index in [1.165, 1.54) is 0 Å². The average Bonchev–Trinajstić information content (AvgIpc) is 3.39. The number of ether oxygens (including phenoxy) is 1. The van der Waals surface area contributed by atoms with Gasteiger partial charge in [-0.2, -0.15) is 0 Å². The van der Waals surface area contributed by atoms with Gasteiger partial charge < -0.3 is 15.4 Å². The molecule has 5 nitrogen and oxygen atoms in total. The van der Waals surface area contributed by atoms with Crippen molar-refractivity contribution >= 4 is 40.7 Å². The molecule has 136 valence electrons. The largest absolute Gasteiger partial charge is 0.493 e. The highest BCUT2D eigenvalue weighted by atomic mass is 35.5. The van der Waals surface area contributed by atoms with Gasteiger partial charge in [-0.25, -0.2) is 0 Å². The lowest BCUT2D eigenvalue weighted by molar-refractivity contribution is -0.116. The van der Waals surface area contributed by atoms with E-state index in [1.807, 2.05) is 0 Å². The second kappa shape index (κ2) is 8.43. The number of benzene rings is 2. The Bertz CT molecular complexity index is 822. The number of nitrogens with one attached hydrogen (secondary N) is 2. The molecule has 0 aromatic heterocycles. The fourth-order valence-electron chi connectivity index (χ4n) is 2.31. The van der Waals surface area contributed by atoms with Gasteiger partial charge in [-0.1, -0.05) is 29.3 Å². The average molecular weight is 393 g/mol. The SMILES string of the molecule is O=C(CCOc1cccc(Cl)c1)Nc1ccc(C(=O)NC2CC2)c(Cl)c1. The summed E-state index contributed by atoms with van der Waals surface area (Å²) in [5.41, 5.74) is 0.937. The quantitative estimate of drug-likeness (QED) is 0.738. The lowest BCUT2D eigenvalue weighted by Gasteiger charge is -2.10. The monoisotopic (exact) mass is 392 g/mol. The van der Waals surface area contributed by atoms with E-state index >= 15 is 0 Å². The van der Waals surface area contributed by atoms with Crippen molar-refractivity contribution in [2.45, 2.75) is 25.3 Å². The van der Waals surface area contributed by atoms with Crippen molar-refractivity contribution in [1.82, 2.24) is 5.32 Å². The number of halogens is 2. The molecule has 0 aliphatic heterocycles. The highest BCUT2D eigenvalue weighted by Gasteiger charge is 2.24. The van der Waals surface area contributed by atoms with E-state index in [-0.39, 0.29) is 30.9 Å². The highest BCUT2D eigenvalue weighted by molar-refractivity contribution is 6.34. The Morgan fingerprint density at radius 2 is 1.92 bits per heavy atom. The number of rotatable bonds is 7. The predicted molar refractivity (Wildman–Crippen MR) is 102 cm³/mol. The van der Waals surface area contributed by atoms with Crippen LogP contribution in [0.2, 0.25) is 10.0 Å². The van der Waals surface area contributed by atoms with Crippen LogP contribution in [0.3, 0.4) is 0 Å². The molecule has 0 heterocycles. The molecule has 7 heteroatoms. The summed E-state index contributed by atoms with van der Waals surface area (Å²) in [6.07, 6.45) is 2.19. The summed E-state index contributed by atoms with van der Waals surface area (Å²) in [5.74, 6) is 0.211. The minimum atomic E-state index is -0.210. The van der Waals surface area contributed by atoms with Crippen LogP contribution >= 0.6 is 23.2 Å². The summed E-state index contributed by atoms with van der Waals surface area (Å²) >= 11 is 12.0. The summed E-state index contributed by atoms with van der Waals surface area (Å²) in [6.45, 7) is 0.224. The normalized spacial score (nSPS) is 13.2. The Morgan fingerprint density at radius 3 is 2.62 bits per heavy atom. The summed E-state index contributed by atoms with van der Waals surface area (Å²) in [4.78, 5) is 24.1. The molecule has 3 rings (SSSR count). The van der Waals surface area contributed by atoms with Gasteiger partial charge >= 0.3 is 0 Å².